The first-order valence-corrected chi connectivity index (χ1v) is 8.86. The molecule has 0 spiro atoms. The number of Topliss-reactive ketones (excluding diaryl/α,β-unsaturated/α-hetero) is 1. The van der Waals surface area contributed by atoms with Crippen LogP contribution in [-0.2, 0) is 0 Å². The molecule has 3 aromatic carbocycles. The number of hydrogen-bond donors (Lipinski definition) is 0. The molecule has 0 aromatic heterocycles. The summed E-state index contributed by atoms with van der Waals surface area (Å²) in [5.74, 6) is -0.249. The molecule has 1 saturated heterocycles. The van der Waals surface area contributed by atoms with Gasteiger partial charge >= 0.3 is 0 Å². The van der Waals surface area contributed by atoms with Crippen molar-refractivity contribution in [3.8, 4) is 0 Å². The van der Waals surface area contributed by atoms with Crippen LogP contribution in [-0.4, -0.2) is 23.8 Å². The van der Waals surface area contributed by atoms with Gasteiger partial charge in [-0.25, -0.2) is 4.39 Å². The SMILES string of the molecule is O=C(c1ccc(F)cc1)C1CN(C(c2ccccc2)c2ccccc2)C1. The van der Waals surface area contributed by atoms with Gasteiger partial charge in [-0.05, 0) is 35.4 Å². The molecule has 0 unspecified atom stereocenters. The van der Waals surface area contributed by atoms with Gasteiger partial charge in [-0.1, -0.05) is 60.7 Å². The van der Waals surface area contributed by atoms with Crippen molar-refractivity contribution in [2.24, 2.45) is 5.92 Å². The average molecular weight is 345 g/mol. The summed E-state index contributed by atoms with van der Waals surface area (Å²) in [6.07, 6.45) is 0. The van der Waals surface area contributed by atoms with Crippen LogP contribution in [0.3, 0.4) is 0 Å². The summed E-state index contributed by atoms with van der Waals surface area (Å²) in [4.78, 5) is 15.0. The maximum absolute atomic E-state index is 13.1. The Hall–Kier alpha value is -2.78. The van der Waals surface area contributed by atoms with E-state index in [-0.39, 0.29) is 23.6 Å². The van der Waals surface area contributed by atoms with E-state index in [1.165, 1.54) is 23.3 Å². The molecular weight excluding hydrogens is 325 g/mol. The fourth-order valence-corrected chi connectivity index (χ4v) is 3.62. The zero-order valence-electron chi connectivity index (χ0n) is 14.4. The molecule has 0 N–H and O–H groups in total. The molecule has 1 aliphatic rings. The van der Waals surface area contributed by atoms with Gasteiger partial charge in [0.1, 0.15) is 5.82 Å². The maximum atomic E-state index is 13.1. The molecular formula is C23H20FNO. The average Bonchev–Trinajstić information content (AvgIpc) is 2.66. The number of nitrogens with zero attached hydrogens (tertiary/aromatic N) is 1. The van der Waals surface area contributed by atoms with E-state index in [4.69, 9.17) is 0 Å². The minimum absolute atomic E-state index is 0.0321. The number of carbonyl (C=O) groups is 1. The fraction of sp³-hybridized carbons (Fsp3) is 0.174. The normalized spacial score (nSPS) is 15.0. The molecule has 0 aliphatic carbocycles. The second-order valence-corrected chi connectivity index (χ2v) is 6.75. The highest BCUT2D eigenvalue weighted by atomic mass is 19.1. The molecule has 130 valence electrons. The van der Waals surface area contributed by atoms with Gasteiger partial charge < -0.3 is 0 Å². The summed E-state index contributed by atoms with van der Waals surface area (Å²) in [6.45, 7) is 1.43. The third-order valence-electron chi connectivity index (χ3n) is 5.01. The van der Waals surface area contributed by atoms with Crippen LogP contribution in [0.25, 0.3) is 0 Å². The van der Waals surface area contributed by atoms with E-state index >= 15 is 0 Å². The van der Waals surface area contributed by atoms with Crippen LogP contribution in [0.1, 0.15) is 27.5 Å². The lowest BCUT2D eigenvalue weighted by Gasteiger charge is -2.44. The quantitative estimate of drug-likeness (QED) is 0.623. The summed E-state index contributed by atoms with van der Waals surface area (Å²) in [5.41, 5.74) is 3.05. The molecule has 1 heterocycles. The van der Waals surface area contributed by atoms with E-state index in [0.717, 1.165) is 0 Å². The Morgan fingerprint density at radius 1 is 0.808 bits per heavy atom. The van der Waals surface area contributed by atoms with Crippen molar-refractivity contribution in [2.75, 3.05) is 13.1 Å². The summed E-state index contributed by atoms with van der Waals surface area (Å²) in [5, 5.41) is 0. The Morgan fingerprint density at radius 3 is 1.81 bits per heavy atom. The van der Waals surface area contributed by atoms with Crippen LogP contribution < -0.4 is 0 Å². The Morgan fingerprint density at radius 2 is 1.31 bits per heavy atom. The van der Waals surface area contributed by atoms with Gasteiger partial charge in [0.15, 0.2) is 5.78 Å². The number of likely N-dealkylation sites (tertiary alicyclic amines) is 1. The van der Waals surface area contributed by atoms with Gasteiger partial charge in [-0.3, -0.25) is 9.69 Å². The highest BCUT2D eigenvalue weighted by Crippen LogP contribution is 2.35. The topological polar surface area (TPSA) is 20.3 Å². The van der Waals surface area contributed by atoms with Crippen LogP contribution in [0, 0.1) is 11.7 Å². The van der Waals surface area contributed by atoms with Gasteiger partial charge in [0, 0.05) is 24.6 Å². The summed E-state index contributed by atoms with van der Waals surface area (Å²) >= 11 is 0. The van der Waals surface area contributed by atoms with Crippen molar-refractivity contribution in [3.63, 3.8) is 0 Å². The first kappa shape index (κ1) is 16.7. The van der Waals surface area contributed by atoms with Crippen LogP contribution in [0.15, 0.2) is 84.9 Å². The molecule has 0 atom stereocenters. The summed E-state index contributed by atoms with van der Waals surface area (Å²) < 4.78 is 13.1. The molecule has 0 amide bonds. The van der Waals surface area contributed by atoms with Gasteiger partial charge in [0.05, 0.1) is 6.04 Å². The lowest BCUT2D eigenvalue weighted by atomic mass is 9.86. The summed E-state index contributed by atoms with van der Waals surface area (Å²) in [6, 6.07) is 26.7. The first-order valence-electron chi connectivity index (χ1n) is 8.86. The van der Waals surface area contributed by atoms with Crippen molar-refractivity contribution >= 4 is 5.78 Å². The van der Waals surface area contributed by atoms with Crippen molar-refractivity contribution in [3.05, 3.63) is 107 Å². The Balaban J connectivity index is 1.53. The highest BCUT2D eigenvalue weighted by molar-refractivity contribution is 5.98. The number of carbonyl (C=O) groups excluding carboxylic acids is 1. The van der Waals surface area contributed by atoms with E-state index in [0.29, 0.717) is 18.7 Å². The highest BCUT2D eigenvalue weighted by Gasteiger charge is 2.38. The van der Waals surface area contributed by atoms with E-state index < -0.39 is 0 Å². The molecule has 3 heteroatoms. The first-order chi connectivity index (χ1) is 12.7. The van der Waals surface area contributed by atoms with Gasteiger partial charge in [-0.2, -0.15) is 0 Å². The maximum Gasteiger partial charge on any atom is 0.168 e. The van der Waals surface area contributed by atoms with E-state index in [2.05, 4.69) is 29.2 Å². The Labute approximate surface area is 152 Å². The second kappa shape index (κ2) is 7.22. The molecule has 0 radical (unpaired) electrons. The van der Waals surface area contributed by atoms with Crippen molar-refractivity contribution < 1.29 is 9.18 Å². The molecule has 0 bridgehead atoms. The van der Waals surface area contributed by atoms with Crippen molar-refractivity contribution in [1.29, 1.82) is 0 Å². The van der Waals surface area contributed by atoms with Crippen LogP contribution in [0.5, 0.6) is 0 Å². The third-order valence-corrected chi connectivity index (χ3v) is 5.01. The number of ketones is 1. The monoisotopic (exact) mass is 345 g/mol. The van der Waals surface area contributed by atoms with E-state index in [9.17, 15) is 9.18 Å². The Bertz CT molecular complexity index is 832. The number of rotatable bonds is 5. The molecule has 2 nitrogen and oxygen atoms in total. The number of halogens is 1. The second-order valence-electron chi connectivity index (χ2n) is 6.75. The fourth-order valence-electron chi connectivity index (χ4n) is 3.62. The lowest BCUT2D eigenvalue weighted by Crippen LogP contribution is -2.52. The van der Waals surface area contributed by atoms with E-state index in [1.807, 2.05) is 36.4 Å². The largest absolute Gasteiger partial charge is 0.294 e. The minimum Gasteiger partial charge on any atom is -0.294 e. The van der Waals surface area contributed by atoms with Gasteiger partial charge in [0.25, 0.3) is 0 Å². The predicted molar refractivity (Wildman–Crippen MR) is 101 cm³/mol. The van der Waals surface area contributed by atoms with Crippen LogP contribution in [0.4, 0.5) is 4.39 Å². The third kappa shape index (κ3) is 3.31. The van der Waals surface area contributed by atoms with Gasteiger partial charge in [0.2, 0.25) is 0 Å². The number of hydrogen-bond acceptors (Lipinski definition) is 2. The molecule has 1 fully saturated rings. The lowest BCUT2D eigenvalue weighted by molar-refractivity contribution is 0.0503. The molecule has 26 heavy (non-hydrogen) atoms. The van der Waals surface area contributed by atoms with Crippen molar-refractivity contribution in [1.82, 2.24) is 4.90 Å². The molecule has 4 rings (SSSR count). The van der Waals surface area contributed by atoms with E-state index in [1.54, 1.807) is 12.1 Å². The Kier molecular flexibility index (Phi) is 4.63. The standard InChI is InChI=1S/C23H20FNO/c24-21-13-11-19(12-14-21)23(26)20-15-25(16-20)22(17-7-3-1-4-8-17)18-9-5-2-6-10-18/h1-14,20,22H,15-16H2. The molecule has 1 aliphatic heterocycles. The summed E-state index contributed by atoms with van der Waals surface area (Å²) in [7, 11) is 0. The minimum atomic E-state index is -0.315. The smallest absolute Gasteiger partial charge is 0.168 e. The zero-order chi connectivity index (χ0) is 17.9. The zero-order valence-corrected chi connectivity index (χ0v) is 14.4. The van der Waals surface area contributed by atoms with Crippen LogP contribution in [0.2, 0.25) is 0 Å². The predicted octanol–water partition coefficient (Wildman–Crippen LogP) is 4.73. The van der Waals surface area contributed by atoms with Crippen LogP contribution >= 0.6 is 0 Å². The van der Waals surface area contributed by atoms with Gasteiger partial charge in [-0.15, -0.1) is 0 Å². The molecule has 3 aromatic rings. The molecule has 0 saturated carbocycles. The van der Waals surface area contributed by atoms with Crippen molar-refractivity contribution in [2.45, 2.75) is 6.04 Å². The number of benzene rings is 3.